The maximum Gasteiger partial charge on any atom is 0.227 e. The molecule has 6 heteroatoms. The van der Waals surface area contributed by atoms with Gasteiger partial charge in [-0.05, 0) is 44.5 Å². The molecular formula is C18H26N4O2. The van der Waals surface area contributed by atoms with E-state index in [-0.39, 0.29) is 11.3 Å². The Labute approximate surface area is 143 Å². The summed E-state index contributed by atoms with van der Waals surface area (Å²) in [5.41, 5.74) is 0.773. The topological polar surface area (TPSA) is 57.7 Å². The molecule has 130 valence electrons. The number of nitrogens with zero attached hydrogens (tertiary/aromatic N) is 3. The summed E-state index contributed by atoms with van der Waals surface area (Å²) in [4.78, 5) is 22.1. The highest BCUT2D eigenvalue weighted by Crippen LogP contribution is 2.39. The van der Waals surface area contributed by atoms with Crippen LogP contribution in [0.2, 0.25) is 0 Å². The number of hydrogen-bond acceptors (Lipinski definition) is 5. The second-order valence-electron chi connectivity index (χ2n) is 7.18. The third-order valence-corrected chi connectivity index (χ3v) is 5.60. The fourth-order valence-corrected chi connectivity index (χ4v) is 4.19. The Balaban J connectivity index is 1.38. The number of amides is 1. The van der Waals surface area contributed by atoms with E-state index in [0.717, 1.165) is 76.7 Å². The first-order valence-electron chi connectivity index (χ1n) is 9.05. The van der Waals surface area contributed by atoms with E-state index in [0.29, 0.717) is 6.54 Å². The highest BCUT2D eigenvalue weighted by Gasteiger charge is 2.46. The molecule has 4 heterocycles. The SMILES string of the molecule is O=C(NCc1cccc(N2CCOCC2)n1)C12CCCN(CC1)C2. The lowest BCUT2D eigenvalue weighted by molar-refractivity contribution is -0.131. The Kier molecular flexibility index (Phi) is 4.41. The second-order valence-corrected chi connectivity index (χ2v) is 7.18. The van der Waals surface area contributed by atoms with Gasteiger partial charge in [0.25, 0.3) is 0 Å². The Morgan fingerprint density at radius 1 is 1.21 bits per heavy atom. The molecule has 0 aliphatic carbocycles. The number of aromatic nitrogens is 1. The Morgan fingerprint density at radius 3 is 2.96 bits per heavy atom. The third kappa shape index (κ3) is 3.13. The van der Waals surface area contributed by atoms with Gasteiger partial charge in [0, 0.05) is 19.6 Å². The highest BCUT2D eigenvalue weighted by atomic mass is 16.5. The molecule has 0 radical (unpaired) electrons. The molecule has 1 N–H and O–H groups in total. The van der Waals surface area contributed by atoms with Crippen LogP contribution >= 0.6 is 0 Å². The average Bonchev–Trinajstić information content (AvgIpc) is 2.95. The number of nitrogens with one attached hydrogen (secondary N) is 1. The van der Waals surface area contributed by atoms with Crippen LogP contribution in [0.3, 0.4) is 0 Å². The molecule has 2 unspecified atom stereocenters. The molecule has 24 heavy (non-hydrogen) atoms. The van der Waals surface area contributed by atoms with Crippen LogP contribution in [0, 0.1) is 5.41 Å². The molecule has 3 fully saturated rings. The summed E-state index contributed by atoms with van der Waals surface area (Å²) in [5.74, 6) is 1.19. The molecule has 3 aliphatic heterocycles. The molecular weight excluding hydrogens is 304 g/mol. The number of pyridine rings is 1. The Hall–Kier alpha value is -1.66. The number of fused-ring (bicyclic) bond motifs is 2. The van der Waals surface area contributed by atoms with Gasteiger partial charge in [-0.2, -0.15) is 0 Å². The quantitative estimate of drug-likeness (QED) is 0.893. The highest BCUT2D eigenvalue weighted by molar-refractivity contribution is 5.83. The van der Waals surface area contributed by atoms with Crippen LogP contribution in [0.15, 0.2) is 18.2 Å². The molecule has 2 atom stereocenters. The lowest BCUT2D eigenvalue weighted by atomic mass is 9.80. The first-order valence-corrected chi connectivity index (χ1v) is 9.05. The summed E-state index contributed by atoms with van der Waals surface area (Å²) in [5, 5.41) is 3.15. The number of piperidine rings is 1. The van der Waals surface area contributed by atoms with Gasteiger partial charge in [-0.15, -0.1) is 0 Å². The van der Waals surface area contributed by atoms with E-state index >= 15 is 0 Å². The maximum absolute atomic E-state index is 12.7. The second kappa shape index (κ2) is 6.69. The first kappa shape index (κ1) is 15.8. The van der Waals surface area contributed by atoms with Gasteiger partial charge in [-0.3, -0.25) is 4.79 Å². The molecule has 0 spiro atoms. The van der Waals surface area contributed by atoms with Crippen molar-refractivity contribution in [2.75, 3.05) is 50.8 Å². The number of hydrogen-bond donors (Lipinski definition) is 1. The van der Waals surface area contributed by atoms with Gasteiger partial charge in [0.15, 0.2) is 0 Å². The zero-order chi connectivity index (χ0) is 16.4. The normalized spacial score (nSPS) is 29.5. The van der Waals surface area contributed by atoms with E-state index in [1.54, 1.807) is 0 Å². The number of rotatable bonds is 4. The van der Waals surface area contributed by atoms with Crippen molar-refractivity contribution in [2.45, 2.75) is 25.8 Å². The number of morpholine rings is 1. The minimum absolute atomic E-state index is 0.153. The van der Waals surface area contributed by atoms with E-state index < -0.39 is 0 Å². The number of anilines is 1. The first-order chi connectivity index (χ1) is 11.8. The van der Waals surface area contributed by atoms with Crippen molar-refractivity contribution in [1.29, 1.82) is 0 Å². The molecule has 6 nitrogen and oxygen atoms in total. The minimum Gasteiger partial charge on any atom is -0.378 e. The summed E-state index contributed by atoms with van der Waals surface area (Å²) in [7, 11) is 0. The maximum atomic E-state index is 12.7. The van der Waals surface area contributed by atoms with Crippen molar-refractivity contribution in [3.63, 3.8) is 0 Å². The molecule has 1 aromatic heterocycles. The largest absolute Gasteiger partial charge is 0.378 e. The van der Waals surface area contributed by atoms with Crippen molar-refractivity contribution >= 4 is 11.7 Å². The molecule has 1 amide bonds. The predicted molar refractivity (Wildman–Crippen MR) is 91.8 cm³/mol. The Bertz CT molecular complexity index is 598. The summed E-state index contributed by atoms with van der Waals surface area (Å²) in [6.07, 6.45) is 3.16. The van der Waals surface area contributed by atoms with Crippen molar-refractivity contribution in [3.8, 4) is 0 Å². The standard InChI is InChI=1S/C18H26N4O2/c23-17(18-5-2-7-21(14-18)8-6-18)19-13-15-3-1-4-16(20-15)22-9-11-24-12-10-22/h1,3-4H,2,5-14H2,(H,19,23). The van der Waals surface area contributed by atoms with Crippen LogP contribution in [0.1, 0.15) is 25.0 Å². The molecule has 3 aliphatic rings. The summed E-state index contributed by atoms with van der Waals surface area (Å²) in [6, 6.07) is 6.05. The van der Waals surface area contributed by atoms with Crippen LogP contribution in [-0.2, 0) is 16.1 Å². The monoisotopic (exact) mass is 330 g/mol. The van der Waals surface area contributed by atoms with Crippen molar-refractivity contribution in [3.05, 3.63) is 23.9 Å². The van der Waals surface area contributed by atoms with Crippen LogP contribution < -0.4 is 10.2 Å². The molecule has 1 aromatic rings. The van der Waals surface area contributed by atoms with Gasteiger partial charge >= 0.3 is 0 Å². The van der Waals surface area contributed by atoms with E-state index in [9.17, 15) is 4.79 Å². The molecule has 4 rings (SSSR count). The molecule has 0 aromatic carbocycles. The lowest BCUT2D eigenvalue weighted by Crippen LogP contribution is -2.45. The summed E-state index contributed by atoms with van der Waals surface area (Å²) >= 11 is 0. The molecule has 3 saturated heterocycles. The van der Waals surface area contributed by atoms with Crippen LogP contribution in [-0.4, -0.2) is 61.7 Å². The van der Waals surface area contributed by atoms with Gasteiger partial charge < -0.3 is 19.9 Å². The average molecular weight is 330 g/mol. The summed E-state index contributed by atoms with van der Waals surface area (Å²) < 4.78 is 5.39. The van der Waals surface area contributed by atoms with Gasteiger partial charge in [0.1, 0.15) is 5.82 Å². The molecule has 0 saturated carbocycles. The third-order valence-electron chi connectivity index (χ3n) is 5.60. The summed E-state index contributed by atoms with van der Waals surface area (Å²) in [6.45, 7) is 6.92. The van der Waals surface area contributed by atoms with Crippen LogP contribution in [0.5, 0.6) is 0 Å². The zero-order valence-electron chi connectivity index (χ0n) is 14.2. The van der Waals surface area contributed by atoms with Gasteiger partial charge in [0.05, 0.1) is 30.9 Å². The van der Waals surface area contributed by atoms with Gasteiger partial charge in [-0.1, -0.05) is 6.07 Å². The number of carbonyl (C=O) groups is 1. The number of carbonyl (C=O) groups excluding carboxylic acids is 1. The molecule has 2 bridgehead atoms. The fraction of sp³-hybridized carbons (Fsp3) is 0.667. The predicted octanol–water partition coefficient (Wildman–Crippen LogP) is 1.02. The minimum atomic E-state index is -0.153. The van der Waals surface area contributed by atoms with Crippen molar-refractivity contribution in [1.82, 2.24) is 15.2 Å². The zero-order valence-corrected chi connectivity index (χ0v) is 14.2. The Morgan fingerprint density at radius 2 is 2.08 bits per heavy atom. The van der Waals surface area contributed by atoms with Gasteiger partial charge in [-0.25, -0.2) is 4.98 Å². The number of ether oxygens (including phenoxy) is 1. The van der Waals surface area contributed by atoms with Crippen LogP contribution in [0.25, 0.3) is 0 Å². The van der Waals surface area contributed by atoms with E-state index in [1.165, 1.54) is 0 Å². The smallest absolute Gasteiger partial charge is 0.227 e. The fourth-order valence-electron chi connectivity index (χ4n) is 4.19. The van der Waals surface area contributed by atoms with Gasteiger partial charge in [0.2, 0.25) is 5.91 Å². The van der Waals surface area contributed by atoms with Crippen molar-refractivity contribution in [2.24, 2.45) is 5.41 Å². The lowest BCUT2D eigenvalue weighted by Gasteiger charge is -2.32. The van der Waals surface area contributed by atoms with Crippen molar-refractivity contribution < 1.29 is 9.53 Å². The van der Waals surface area contributed by atoms with E-state index in [4.69, 9.17) is 9.72 Å². The van der Waals surface area contributed by atoms with E-state index in [2.05, 4.69) is 15.1 Å². The van der Waals surface area contributed by atoms with E-state index in [1.807, 2.05) is 18.2 Å². The van der Waals surface area contributed by atoms with Crippen LogP contribution in [0.4, 0.5) is 5.82 Å².